The van der Waals surface area contributed by atoms with E-state index < -0.39 is 40.3 Å². The highest BCUT2D eigenvalue weighted by atomic mass is 32.2. The van der Waals surface area contributed by atoms with Gasteiger partial charge in [-0.1, -0.05) is 0 Å². The standard InChI is InChI=1S/C10H6F5NOS/c11-8-2-1-7(3-9(8)12)18(17)5-6(4-16)10(13,14)15/h1-3,6H,5H2. The quantitative estimate of drug-likeness (QED) is 0.800. The summed E-state index contributed by atoms with van der Waals surface area (Å²) >= 11 is 0. The first-order chi connectivity index (χ1) is 8.25. The van der Waals surface area contributed by atoms with Crippen LogP contribution in [-0.4, -0.2) is 16.1 Å². The van der Waals surface area contributed by atoms with E-state index in [0.717, 1.165) is 12.1 Å². The zero-order chi connectivity index (χ0) is 13.9. The average molecular weight is 283 g/mol. The summed E-state index contributed by atoms with van der Waals surface area (Å²) in [6.45, 7) is 0. The smallest absolute Gasteiger partial charge is 0.254 e. The van der Waals surface area contributed by atoms with Crippen LogP contribution in [0, 0.1) is 28.9 Å². The van der Waals surface area contributed by atoms with Gasteiger partial charge in [0.25, 0.3) is 0 Å². The van der Waals surface area contributed by atoms with Crippen LogP contribution in [-0.2, 0) is 10.8 Å². The van der Waals surface area contributed by atoms with Crippen molar-refractivity contribution in [1.82, 2.24) is 0 Å². The Kier molecular flexibility index (Phi) is 4.40. The second-order valence-electron chi connectivity index (χ2n) is 3.31. The minimum atomic E-state index is -4.80. The Morgan fingerprint density at radius 1 is 1.28 bits per heavy atom. The summed E-state index contributed by atoms with van der Waals surface area (Å²) in [4.78, 5) is -0.293. The average Bonchev–Trinajstić information content (AvgIpc) is 2.27. The first kappa shape index (κ1) is 14.6. The molecule has 0 aromatic heterocycles. The van der Waals surface area contributed by atoms with E-state index in [1.54, 1.807) is 0 Å². The molecule has 0 heterocycles. The van der Waals surface area contributed by atoms with Crippen LogP contribution in [0.15, 0.2) is 23.1 Å². The summed E-state index contributed by atoms with van der Waals surface area (Å²) in [5, 5.41) is 8.32. The molecule has 2 unspecified atom stereocenters. The van der Waals surface area contributed by atoms with E-state index in [0.29, 0.717) is 12.1 Å². The maximum Gasteiger partial charge on any atom is 0.405 e. The molecule has 0 fully saturated rings. The van der Waals surface area contributed by atoms with E-state index in [-0.39, 0.29) is 4.90 Å². The van der Waals surface area contributed by atoms with Crippen LogP contribution in [0.25, 0.3) is 0 Å². The van der Waals surface area contributed by atoms with Gasteiger partial charge >= 0.3 is 6.18 Å². The molecule has 0 spiro atoms. The number of benzene rings is 1. The van der Waals surface area contributed by atoms with Crippen molar-refractivity contribution < 1.29 is 26.2 Å². The van der Waals surface area contributed by atoms with Crippen molar-refractivity contribution in [3.8, 4) is 6.07 Å². The molecule has 1 aromatic carbocycles. The third-order valence-corrected chi connectivity index (χ3v) is 3.44. The topological polar surface area (TPSA) is 40.9 Å². The van der Waals surface area contributed by atoms with Gasteiger partial charge in [-0.2, -0.15) is 18.4 Å². The SMILES string of the molecule is N#CC(CS(=O)c1ccc(F)c(F)c1)C(F)(F)F. The summed E-state index contributed by atoms with van der Waals surface area (Å²) in [5.41, 5.74) is 0. The lowest BCUT2D eigenvalue weighted by Crippen LogP contribution is -2.26. The molecule has 2 nitrogen and oxygen atoms in total. The zero-order valence-corrected chi connectivity index (χ0v) is 9.49. The predicted octanol–water partition coefficient (Wildman–Crippen LogP) is 2.77. The number of hydrogen-bond donors (Lipinski definition) is 0. The maximum atomic E-state index is 12.8. The van der Waals surface area contributed by atoms with Crippen molar-refractivity contribution in [2.24, 2.45) is 5.92 Å². The Morgan fingerprint density at radius 2 is 1.89 bits per heavy atom. The number of rotatable bonds is 3. The van der Waals surface area contributed by atoms with Crippen LogP contribution in [0.1, 0.15) is 0 Å². The molecular weight excluding hydrogens is 277 g/mol. The molecule has 18 heavy (non-hydrogen) atoms. The van der Waals surface area contributed by atoms with E-state index in [1.807, 2.05) is 0 Å². The minimum absolute atomic E-state index is 0.293. The third-order valence-electron chi connectivity index (χ3n) is 2.02. The fourth-order valence-electron chi connectivity index (χ4n) is 1.07. The van der Waals surface area contributed by atoms with E-state index in [2.05, 4.69) is 0 Å². The second-order valence-corrected chi connectivity index (χ2v) is 4.81. The molecule has 0 saturated heterocycles. The Bertz CT molecular complexity index is 508. The minimum Gasteiger partial charge on any atom is -0.254 e. The Labute approximate surface area is 101 Å². The number of nitrogens with zero attached hydrogens (tertiary/aromatic N) is 1. The Morgan fingerprint density at radius 3 is 2.33 bits per heavy atom. The Balaban J connectivity index is 2.89. The van der Waals surface area contributed by atoms with E-state index in [9.17, 15) is 26.2 Å². The molecule has 0 radical (unpaired) electrons. The molecule has 1 aromatic rings. The van der Waals surface area contributed by atoms with Crippen LogP contribution < -0.4 is 0 Å². The molecule has 0 aliphatic heterocycles. The first-order valence-electron chi connectivity index (χ1n) is 4.55. The molecule has 0 aliphatic rings. The van der Waals surface area contributed by atoms with Gasteiger partial charge in [0.15, 0.2) is 17.6 Å². The number of hydrogen-bond acceptors (Lipinski definition) is 2. The van der Waals surface area contributed by atoms with Gasteiger partial charge in [-0.05, 0) is 18.2 Å². The molecule has 2 atom stereocenters. The largest absolute Gasteiger partial charge is 0.405 e. The van der Waals surface area contributed by atoms with Crippen molar-refractivity contribution in [2.75, 3.05) is 5.75 Å². The predicted molar refractivity (Wildman–Crippen MR) is 52.8 cm³/mol. The maximum absolute atomic E-state index is 12.8. The van der Waals surface area contributed by atoms with Gasteiger partial charge in [0, 0.05) is 4.90 Å². The molecule has 1 rings (SSSR count). The van der Waals surface area contributed by atoms with Crippen LogP contribution in [0.3, 0.4) is 0 Å². The fourth-order valence-corrected chi connectivity index (χ4v) is 2.28. The highest BCUT2D eigenvalue weighted by Crippen LogP contribution is 2.27. The van der Waals surface area contributed by atoms with Gasteiger partial charge in [-0.25, -0.2) is 8.78 Å². The van der Waals surface area contributed by atoms with Crippen LogP contribution >= 0.6 is 0 Å². The summed E-state index contributed by atoms with van der Waals surface area (Å²) in [6.07, 6.45) is -4.80. The number of halogens is 5. The summed E-state index contributed by atoms with van der Waals surface area (Å²) in [6, 6.07) is 3.11. The molecule has 98 valence electrons. The second kappa shape index (κ2) is 5.44. The molecule has 0 amide bonds. The van der Waals surface area contributed by atoms with Gasteiger partial charge in [-0.3, -0.25) is 4.21 Å². The van der Waals surface area contributed by atoms with Gasteiger partial charge < -0.3 is 0 Å². The summed E-state index contributed by atoms with van der Waals surface area (Å²) < 4.78 is 73.6. The normalized spacial score (nSPS) is 14.9. The summed E-state index contributed by atoms with van der Waals surface area (Å²) in [7, 11) is -2.23. The monoisotopic (exact) mass is 283 g/mol. The first-order valence-corrected chi connectivity index (χ1v) is 5.87. The lowest BCUT2D eigenvalue weighted by Gasteiger charge is -2.12. The Hall–Kier alpha value is -1.49. The lowest BCUT2D eigenvalue weighted by atomic mass is 10.2. The molecule has 0 aliphatic carbocycles. The van der Waals surface area contributed by atoms with Crippen LogP contribution in [0.4, 0.5) is 22.0 Å². The van der Waals surface area contributed by atoms with E-state index >= 15 is 0 Å². The lowest BCUT2D eigenvalue weighted by molar-refractivity contribution is -0.153. The third kappa shape index (κ3) is 3.50. The number of nitriles is 1. The van der Waals surface area contributed by atoms with E-state index in [1.165, 1.54) is 0 Å². The molecule has 0 N–H and O–H groups in total. The zero-order valence-electron chi connectivity index (χ0n) is 8.67. The summed E-state index contributed by atoms with van der Waals surface area (Å²) in [5.74, 6) is -5.92. The van der Waals surface area contributed by atoms with E-state index in [4.69, 9.17) is 5.26 Å². The van der Waals surface area contributed by atoms with Crippen molar-refractivity contribution in [3.63, 3.8) is 0 Å². The van der Waals surface area contributed by atoms with Crippen LogP contribution in [0.5, 0.6) is 0 Å². The van der Waals surface area contributed by atoms with Gasteiger partial charge in [0.05, 0.1) is 22.6 Å². The molecule has 0 saturated carbocycles. The highest BCUT2D eigenvalue weighted by molar-refractivity contribution is 7.85. The van der Waals surface area contributed by atoms with Gasteiger partial charge in [0.1, 0.15) is 0 Å². The van der Waals surface area contributed by atoms with Crippen molar-refractivity contribution in [2.45, 2.75) is 11.1 Å². The van der Waals surface area contributed by atoms with Crippen molar-refractivity contribution >= 4 is 10.8 Å². The van der Waals surface area contributed by atoms with Gasteiger partial charge in [-0.15, -0.1) is 0 Å². The highest BCUT2D eigenvalue weighted by Gasteiger charge is 2.41. The number of alkyl halides is 3. The van der Waals surface area contributed by atoms with Crippen molar-refractivity contribution in [1.29, 1.82) is 5.26 Å². The van der Waals surface area contributed by atoms with Gasteiger partial charge in [0.2, 0.25) is 0 Å². The molecular formula is C10H6F5NOS. The molecule has 8 heteroatoms. The van der Waals surface area contributed by atoms with Crippen molar-refractivity contribution in [3.05, 3.63) is 29.8 Å². The van der Waals surface area contributed by atoms with Crippen LogP contribution in [0.2, 0.25) is 0 Å². The molecule has 0 bridgehead atoms. The fraction of sp³-hybridized carbons (Fsp3) is 0.300.